The minimum atomic E-state index is -3.53. The molecule has 0 fully saturated rings. The number of aryl methyl sites for hydroxylation is 1. The Morgan fingerprint density at radius 3 is 2.56 bits per heavy atom. The fraction of sp³-hybridized carbons (Fsp3) is 0.727. The summed E-state index contributed by atoms with van der Waals surface area (Å²) in [5, 5.41) is 3.98. The number of hydrogen-bond acceptors (Lipinski definition) is 4. The predicted molar refractivity (Wildman–Crippen MR) is 70.4 cm³/mol. The minimum absolute atomic E-state index is 0.0807. The average molecular weight is 274 g/mol. The number of sulfonamides is 1. The number of nitrogens with two attached hydrogens (primary N) is 1. The third-order valence-electron chi connectivity index (χ3n) is 2.46. The quantitative estimate of drug-likeness (QED) is 0.816. The van der Waals surface area contributed by atoms with E-state index in [2.05, 4.69) is 30.6 Å². The van der Waals surface area contributed by atoms with Crippen LogP contribution in [0.5, 0.6) is 0 Å². The molecule has 1 heterocycles. The minimum Gasteiger partial charge on any atom is -0.326 e. The summed E-state index contributed by atoms with van der Waals surface area (Å²) in [5.41, 5.74) is 5.99. The van der Waals surface area contributed by atoms with Gasteiger partial charge in [0.15, 0.2) is 5.03 Å². The van der Waals surface area contributed by atoms with E-state index < -0.39 is 10.0 Å². The molecule has 1 rings (SSSR count). The smallest absolute Gasteiger partial charge is 0.257 e. The summed E-state index contributed by atoms with van der Waals surface area (Å²) in [4.78, 5) is 0. The summed E-state index contributed by atoms with van der Waals surface area (Å²) in [6.45, 7) is 6.44. The van der Waals surface area contributed by atoms with Gasteiger partial charge >= 0.3 is 0 Å². The van der Waals surface area contributed by atoms with Crippen molar-refractivity contribution in [2.24, 2.45) is 18.2 Å². The van der Waals surface area contributed by atoms with Crippen molar-refractivity contribution in [2.45, 2.75) is 38.3 Å². The highest BCUT2D eigenvalue weighted by Gasteiger charge is 2.21. The summed E-state index contributed by atoms with van der Waals surface area (Å²) < 4.78 is 27.7. The first-order valence-electron chi connectivity index (χ1n) is 5.85. The molecule has 0 spiro atoms. The molecule has 1 unspecified atom stereocenters. The molecule has 0 aliphatic heterocycles. The van der Waals surface area contributed by atoms with Gasteiger partial charge in [0, 0.05) is 19.6 Å². The molecule has 1 atom stereocenters. The van der Waals surface area contributed by atoms with Gasteiger partial charge in [0.1, 0.15) is 0 Å². The average Bonchev–Trinajstić information content (AvgIpc) is 2.60. The van der Waals surface area contributed by atoms with Gasteiger partial charge in [-0.05, 0) is 17.9 Å². The molecule has 0 radical (unpaired) electrons. The van der Waals surface area contributed by atoms with Crippen LogP contribution in [0.1, 0.15) is 27.2 Å². The van der Waals surface area contributed by atoms with Crippen molar-refractivity contribution < 1.29 is 8.42 Å². The first kappa shape index (κ1) is 15.1. The largest absolute Gasteiger partial charge is 0.326 e. The van der Waals surface area contributed by atoms with Gasteiger partial charge in [0.05, 0.1) is 6.20 Å². The topological polar surface area (TPSA) is 90.0 Å². The van der Waals surface area contributed by atoms with Crippen LogP contribution in [0.15, 0.2) is 17.3 Å². The Bertz CT molecular complexity index is 487. The van der Waals surface area contributed by atoms with Crippen molar-refractivity contribution in [1.29, 1.82) is 0 Å². The molecule has 3 N–H and O–H groups in total. The van der Waals surface area contributed by atoms with Crippen LogP contribution in [-0.2, 0) is 17.1 Å². The monoisotopic (exact) mass is 274 g/mol. The van der Waals surface area contributed by atoms with E-state index >= 15 is 0 Å². The fourth-order valence-corrected chi connectivity index (χ4v) is 2.99. The van der Waals surface area contributed by atoms with Gasteiger partial charge in [-0.3, -0.25) is 4.68 Å². The molecule has 0 bridgehead atoms. The molecular weight excluding hydrogens is 252 g/mol. The summed E-state index contributed by atoms with van der Waals surface area (Å²) >= 11 is 0. The van der Waals surface area contributed by atoms with Gasteiger partial charge in [-0.1, -0.05) is 20.8 Å². The lowest BCUT2D eigenvalue weighted by Crippen LogP contribution is -2.39. The van der Waals surface area contributed by atoms with Crippen molar-refractivity contribution in [1.82, 2.24) is 14.5 Å². The first-order chi connectivity index (χ1) is 8.12. The van der Waals surface area contributed by atoms with Gasteiger partial charge in [0.2, 0.25) is 0 Å². The summed E-state index contributed by atoms with van der Waals surface area (Å²) in [5.74, 6) is 0. The highest BCUT2D eigenvalue weighted by atomic mass is 32.2. The number of nitrogens with zero attached hydrogens (tertiary/aromatic N) is 2. The van der Waals surface area contributed by atoms with E-state index in [1.165, 1.54) is 16.9 Å². The van der Waals surface area contributed by atoms with Crippen molar-refractivity contribution in [2.75, 3.05) is 6.54 Å². The fourth-order valence-electron chi connectivity index (χ4n) is 1.77. The molecule has 7 heteroatoms. The van der Waals surface area contributed by atoms with Crippen LogP contribution in [0, 0.1) is 5.41 Å². The third-order valence-corrected chi connectivity index (χ3v) is 3.96. The summed E-state index contributed by atoms with van der Waals surface area (Å²) in [7, 11) is -1.94. The Morgan fingerprint density at radius 1 is 1.50 bits per heavy atom. The normalized spacial score (nSPS) is 14.7. The maximum absolute atomic E-state index is 12.0. The van der Waals surface area contributed by atoms with E-state index in [-0.39, 0.29) is 23.0 Å². The third kappa shape index (κ3) is 4.40. The highest BCUT2D eigenvalue weighted by Crippen LogP contribution is 2.19. The van der Waals surface area contributed by atoms with Crippen molar-refractivity contribution in [3.63, 3.8) is 0 Å². The van der Waals surface area contributed by atoms with E-state index in [1.807, 2.05) is 0 Å². The summed E-state index contributed by atoms with van der Waals surface area (Å²) in [6, 6.07) is 1.26. The zero-order valence-corrected chi connectivity index (χ0v) is 12.2. The van der Waals surface area contributed by atoms with Crippen molar-refractivity contribution in [3.8, 4) is 0 Å². The Hall–Kier alpha value is -0.920. The van der Waals surface area contributed by atoms with E-state index in [9.17, 15) is 8.42 Å². The molecule has 0 saturated heterocycles. The number of hydrogen-bond donors (Lipinski definition) is 2. The molecule has 6 nitrogen and oxygen atoms in total. The van der Waals surface area contributed by atoms with Gasteiger partial charge in [0.25, 0.3) is 10.0 Å². The molecule has 0 amide bonds. The van der Waals surface area contributed by atoms with Crippen LogP contribution in [0.2, 0.25) is 0 Å². The van der Waals surface area contributed by atoms with E-state index in [1.54, 1.807) is 7.05 Å². The lowest BCUT2D eigenvalue weighted by Gasteiger charge is -2.23. The number of rotatable bonds is 5. The van der Waals surface area contributed by atoms with E-state index in [0.29, 0.717) is 0 Å². The maximum atomic E-state index is 12.0. The van der Waals surface area contributed by atoms with Gasteiger partial charge in [-0.2, -0.15) is 5.10 Å². The second-order valence-corrected chi connectivity index (χ2v) is 7.38. The first-order valence-corrected chi connectivity index (χ1v) is 7.33. The van der Waals surface area contributed by atoms with E-state index in [0.717, 1.165) is 6.42 Å². The zero-order valence-electron chi connectivity index (χ0n) is 11.3. The molecule has 1 aromatic rings. The van der Waals surface area contributed by atoms with Crippen LogP contribution in [0.4, 0.5) is 0 Å². The van der Waals surface area contributed by atoms with Gasteiger partial charge in [-0.25, -0.2) is 13.1 Å². The lowest BCUT2D eigenvalue weighted by atomic mass is 9.88. The molecular formula is C11H22N4O2S. The highest BCUT2D eigenvalue weighted by molar-refractivity contribution is 7.89. The predicted octanol–water partition coefficient (Wildman–Crippen LogP) is 0.462. The van der Waals surface area contributed by atoms with Gasteiger partial charge in [-0.15, -0.1) is 0 Å². The Morgan fingerprint density at radius 2 is 2.11 bits per heavy atom. The Labute approximate surface area is 109 Å². The van der Waals surface area contributed by atoms with Crippen molar-refractivity contribution >= 4 is 10.0 Å². The molecule has 0 aromatic carbocycles. The second kappa shape index (κ2) is 5.38. The summed E-state index contributed by atoms with van der Waals surface area (Å²) in [6.07, 6.45) is 2.20. The lowest BCUT2D eigenvalue weighted by molar-refractivity contribution is 0.338. The number of nitrogens with one attached hydrogen (secondary N) is 1. The molecule has 104 valence electrons. The number of aromatic nitrogens is 2. The van der Waals surface area contributed by atoms with Crippen LogP contribution >= 0.6 is 0 Å². The SMILES string of the molecule is Cn1nccc1S(=O)(=O)NCC(N)CC(C)(C)C. The van der Waals surface area contributed by atoms with E-state index in [4.69, 9.17) is 5.73 Å². The molecule has 1 aromatic heterocycles. The second-order valence-electron chi connectivity index (χ2n) is 5.67. The van der Waals surface area contributed by atoms with Crippen molar-refractivity contribution in [3.05, 3.63) is 12.3 Å². The molecule has 0 aliphatic rings. The zero-order chi connectivity index (χ0) is 14.0. The van der Waals surface area contributed by atoms with Crippen LogP contribution < -0.4 is 10.5 Å². The Kier molecular flexibility index (Phi) is 4.52. The molecule has 0 saturated carbocycles. The Balaban J connectivity index is 2.61. The van der Waals surface area contributed by atoms with Crippen LogP contribution in [0.25, 0.3) is 0 Å². The molecule has 0 aliphatic carbocycles. The standard InChI is InChI=1S/C11H22N4O2S/c1-11(2,3)7-9(12)8-14-18(16,17)10-5-6-13-15(10)4/h5-6,9,14H,7-8,12H2,1-4H3. The molecule has 18 heavy (non-hydrogen) atoms. The maximum Gasteiger partial charge on any atom is 0.257 e. The van der Waals surface area contributed by atoms with Gasteiger partial charge < -0.3 is 5.73 Å². The van der Waals surface area contributed by atoms with Crippen LogP contribution in [0.3, 0.4) is 0 Å². The van der Waals surface area contributed by atoms with Crippen LogP contribution in [-0.4, -0.2) is 30.8 Å².